The van der Waals surface area contributed by atoms with Crippen LogP contribution in [-0.2, 0) is 21.4 Å². The van der Waals surface area contributed by atoms with Gasteiger partial charge in [0, 0.05) is 37.7 Å². The van der Waals surface area contributed by atoms with Crippen molar-refractivity contribution in [3.63, 3.8) is 0 Å². The van der Waals surface area contributed by atoms with Crippen molar-refractivity contribution in [3.8, 4) is 11.5 Å². The van der Waals surface area contributed by atoms with E-state index in [9.17, 15) is 9.90 Å². The molecule has 5 nitrogen and oxygen atoms in total. The van der Waals surface area contributed by atoms with Crippen LogP contribution in [0.1, 0.15) is 50.7 Å². The average molecular weight is 383 g/mol. The van der Waals surface area contributed by atoms with Crippen molar-refractivity contribution in [2.75, 3.05) is 19.7 Å². The highest BCUT2D eigenvalue weighted by Gasteiger charge is 2.78. The molecule has 150 valence electrons. The van der Waals surface area contributed by atoms with Gasteiger partial charge in [-0.3, -0.25) is 9.69 Å². The van der Waals surface area contributed by atoms with E-state index < -0.39 is 16.6 Å². The molecule has 1 saturated carbocycles. The highest BCUT2D eigenvalue weighted by Crippen LogP contribution is 2.69. The number of carbonyl (C=O) groups is 1. The summed E-state index contributed by atoms with van der Waals surface area (Å²) in [6.07, 6.45) is 5.67. The molecule has 0 amide bonds. The number of piperidine rings is 1. The van der Waals surface area contributed by atoms with Crippen LogP contribution in [0.4, 0.5) is 0 Å². The van der Waals surface area contributed by atoms with Gasteiger partial charge in [0.1, 0.15) is 0 Å². The number of Topliss-reactive ketones (excluding diaryl/α,β-unsaturated/α-hetero) is 1. The molecular formula is C23H29NO4. The first-order chi connectivity index (χ1) is 13.4. The summed E-state index contributed by atoms with van der Waals surface area (Å²) in [6.45, 7) is 10.4. The number of benzene rings is 1. The Kier molecular flexibility index (Phi) is 3.79. The Balaban J connectivity index is 1.82. The lowest BCUT2D eigenvalue weighted by molar-refractivity contribution is -0.229. The molecular weight excluding hydrogens is 354 g/mol. The van der Waals surface area contributed by atoms with E-state index in [1.807, 2.05) is 19.1 Å². The quantitative estimate of drug-likeness (QED) is 0.792. The van der Waals surface area contributed by atoms with Crippen molar-refractivity contribution < 1.29 is 19.4 Å². The van der Waals surface area contributed by atoms with Gasteiger partial charge in [0.25, 0.3) is 0 Å². The molecule has 2 fully saturated rings. The van der Waals surface area contributed by atoms with E-state index in [1.54, 1.807) is 6.07 Å². The van der Waals surface area contributed by atoms with Crippen LogP contribution in [0, 0.1) is 0 Å². The average Bonchev–Trinajstić information content (AvgIpc) is 2.96. The van der Waals surface area contributed by atoms with Gasteiger partial charge in [0.15, 0.2) is 22.9 Å². The number of phenolic OH excluding ortho intramolecular Hbond substituents is 1. The SMILES string of the molecule is C=CCN1CC[C@]23c4c5ccc(O)c4OC2(C)C(=O)CC[C@@]3(OCCC)[C@H]1C5. The normalized spacial score (nSPS) is 38.1. The molecule has 2 heterocycles. The Labute approximate surface area is 166 Å². The summed E-state index contributed by atoms with van der Waals surface area (Å²) < 4.78 is 13.2. The van der Waals surface area contributed by atoms with E-state index >= 15 is 0 Å². The maximum Gasteiger partial charge on any atom is 0.177 e. The number of nitrogens with zero attached hydrogens (tertiary/aromatic N) is 1. The molecule has 2 aliphatic carbocycles. The van der Waals surface area contributed by atoms with Crippen LogP contribution in [0.15, 0.2) is 24.8 Å². The predicted octanol–water partition coefficient (Wildman–Crippen LogP) is 3.13. The Morgan fingerprint density at radius 2 is 2.25 bits per heavy atom. The second-order valence-corrected chi connectivity index (χ2v) is 8.90. The Hall–Kier alpha value is -1.85. The molecule has 1 aromatic carbocycles. The zero-order valence-corrected chi connectivity index (χ0v) is 16.8. The van der Waals surface area contributed by atoms with Crippen LogP contribution in [0.5, 0.6) is 11.5 Å². The molecule has 5 heteroatoms. The molecule has 1 spiro atoms. The third-order valence-electron chi connectivity index (χ3n) is 7.84. The molecule has 0 aromatic heterocycles. The summed E-state index contributed by atoms with van der Waals surface area (Å²) in [6, 6.07) is 3.90. The first kappa shape index (κ1) is 18.2. The minimum atomic E-state index is -0.992. The summed E-state index contributed by atoms with van der Waals surface area (Å²) in [5, 5.41) is 10.6. The number of ketones is 1. The van der Waals surface area contributed by atoms with E-state index in [4.69, 9.17) is 9.47 Å². The number of ether oxygens (including phenoxy) is 2. The van der Waals surface area contributed by atoms with Gasteiger partial charge in [0.05, 0.1) is 11.0 Å². The third kappa shape index (κ3) is 1.83. The van der Waals surface area contributed by atoms with Crippen LogP contribution in [0.25, 0.3) is 0 Å². The monoisotopic (exact) mass is 383 g/mol. The first-order valence-electron chi connectivity index (χ1n) is 10.5. The zero-order chi connectivity index (χ0) is 19.7. The maximum absolute atomic E-state index is 13.3. The molecule has 4 aliphatic rings. The number of likely N-dealkylation sites (tertiary alicyclic amines) is 1. The summed E-state index contributed by atoms with van der Waals surface area (Å²) >= 11 is 0. The Morgan fingerprint density at radius 3 is 3.00 bits per heavy atom. The Morgan fingerprint density at radius 1 is 1.43 bits per heavy atom. The lowest BCUT2D eigenvalue weighted by Gasteiger charge is -2.66. The molecule has 1 unspecified atom stereocenters. The second-order valence-electron chi connectivity index (χ2n) is 8.90. The van der Waals surface area contributed by atoms with Gasteiger partial charge >= 0.3 is 0 Å². The first-order valence-corrected chi connectivity index (χ1v) is 10.5. The molecule has 5 rings (SSSR count). The van der Waals surface area contributed by atoms with Crippen LogP contribution in [-0.4, -0.2) is 52.7 Å². The summed E-state index contributed by atoms with van der Waals surface area (Å²) in [4.78, 5) is 15.8. The number of hydrogen-bond acceptors (Lipinski definition) is 5. The van der Waals surface area contributed by atoms with Crippen molar-refractivity contribution in [3.05, 3.63) is 35.9 Å². The fourth-order valence-corrected chi connectivity index (χ4v) is 6.80. The van der Waals surface area contributed by atoms with Gasteiger partial charge in [-0.1, -0.05) is 19.1 Å². The van der Waals surface area contributed by atoms with Gasteiger partial charge in [0.2, 0.25) is 0 Å². The molecule has 28 heavy (non-hydrogen) atoms. The summed E-state index contributed by atoms with van der Waals surface area (Å²) in [5.74, 6) is 0.769. The summed E-state index contributed by atoms with van der Waals surface area (Å²) in [7, 11) is 0. The predicted molar refractivity (Wildman–Crippen MR) is 106 cm³/mol. The number of aromatic hydroxyl groups is 1. The molecule has 4 atom stereocenters. The van der Waals surface area contributed by atoms with E-state index in [2.05, 4.69) is 18.4 Å². The molecule has 1 aromatic rings. The van der Waals surface area contributed by atoms with Crippen molar-refractivity contribution >= 4 is 5.78 Å². The molecule has 0 radical (unpaired) electrons. The molecule has 1 N–H and O–H groups in total. The van der Waals surface area contributed by atoms with Gasteiger partial charge < -0.3 is 14.6 Å². The lowest BCUT2D eigenvalue weighted by atomic mass is 9.45. The van der Waals surface area contributed by atoms with Crippen LogP contribution in [0.3, 0.4) is 0 Å². The highest BCUT2D eigenvalue weighted by atomic mass is 16.5. The maximum atomic E-state index is 13.3. The largest absolute Gasteiger partial charge is 0.504 e. The van der Waals surface area contributed by atoms with E-state index in [0.29, 0.717) is 25.2 Å². The topological polar surface area (TPSA) is 59.0 Å². The Bertz CT molecular complexity index is 866. The van der Waals surface area contributed by atoms with E-state index in [0.717, 1.165) is 37.9 Å². The van der Waals surface area contributed by atoms with Crippen molar-refractivity contribution in [1.29, 1.82) is 0 Å². The van der Waals surface area contributed by atoms with Gasteiger partial charge in [-0.15, -0.1) is 6.58 Å². The fraction of sp³-hybridized carbons (Fsp3) is 0.609. The van der Waals surface area contributed by atoms with Gasteiger partial charge in [-0.05, 0) is 44.2 Å². The molecule has 1 saturated heterocycles. The number of hydrogen-bond donors (Lipinski definition) is 1. The molecule has 2 bridgehead atoms. The minimum Gasteiger partial charge on any atom is -0.504 e. The number of rotatable bonds is 5. The minimum absolute atomic E-state index is 0.127. The van der Waals surface area contributed by atoms with Crippen molar-refractivity contribution in [2.45, 2.75) is 68.6 Å². The van der Waals surface area contributed by atoms with E-state index in [1.165, 1.54) is 5.56 Å². The van der Waals surface area contributed by atoms with Gasteiger partial charge in [-0.25, -0.2) is 0 Å². The third-order valence-corrected chi connectivity index (χ3v) is 7.84. The standard InChI is InChI=1S/C23H29NO4/c1-4-11-24-12-10-22-19-15-6-7-16(25)20(19)28-21(22,3)18(26)8-9-23(22,17(24)14-15)27-13-5-2/h4,6-7,17,25H,1,5,8-14H2,2-3H3/t17-,21?,22+,23-/m1/s1. The van der Waals surface area contributed by atoms with Crippen molar-refractivity contribution in [2.24, 2.45) is 0 Å². The fourth-order valence-electron chi connectivity index (χ4n) is 6.80. The van der Waals surface area contributed by atoms with E-state index in [-0.39, 0.29) is 17.6 Å². The van der Waals surface area contributed by atoms with Crippen LogP contribution < -0.4 is 4.74 Å². The zero-order valence-electron chi connectivity index (χ0n) is 16.8. The number of carbonyl (C=O) groups excluding carboxylic acids is 1. The summed E-state index contributed by atoms with van der Waals surface area (Å²) in [5.41, 5.74) is 0.191. The number of phenols is 1. The van der Waals surface area contributed by atoms with Crippen LogP contribution >= 0.6 is 0 Å². The van der Waals surface area contributed by atoms with Crippen molar-refractivity contribution in [1.82, 2.24) is 4.90 Å². The lowest BCUT2D eigenvalue weighted by Crippen LogP contribution is -2.80. The van der Waals surface area contributed by atoms with Crippen LogP contribution in [0.2, 0.25) is 0 Å². The molecule has 2 aliphatic heterocycles. The smallest absolute Gasteiger partial charge is 0.177 e. The highest BCUT2D eigenvalue weighted by molar-refractivity contribution is 5.94. The van der Waals surface area contributed by atoms with Gasteiger partial charge in [-0.2, -0.15) is 0 Å². The second kappa shape index (κ2) is 5.83.